The lowest BCUT2D eigenvalue weighted by atomic mass is 9.95. The summed E-state index contributed by atoms with van der Waals surface area (Å²) in [5.41, 5.74) is 0. The van der Waals surface area contributed by atoms with E-state index in [9.17, 15) is 91.3 Å². The van der Waals surface area contributed by atoms with Crippen LogP contribution < -0.4 is 10.6 Å². The molecule has 30 nitrogen and oxygen atoms in total. The standard InChI is InChI=1S/C70H128N2O28/c1-4-6-8-10-12-14-16-18-19-20-21-23-25-27-29-31-33-35-50(80)72-43(44(79)34-32-30-28-26-24-22-17-15-13-11-9-7-5-2)41-91-67-58(87)56(85)62(48(39-76)95-67)97-68-59(88)57(86)63(49(40-77)96-68)98-69-61(90)65(54(83)47(38-75)93-69)100-70-60(89)64(53(82)46(37-74)94-70)99-66-51(71-42(3)78)55(84)52(81)45(36-73)92-66/h32,34,43-49,51-70,73-77,79,81-90H,4-31,33,35-41H2,1-3H3,(H,71,78)(H,72,80)/b34-32+/t43-,44+,45?,46?,47?,48?,49?,51?,52-,53-,54-,55+,56+,57+,58?,59?,60?,61?,62+,63-,64-,65-,66-,67+,68-,69-,70+/m0/s1. The van der Waals surface area contributed by atoms with Gasteiger partial charge >= 0.3 is 0 Å². The molecule has 5 rings (SSSR count). The summed E-state index contributed by atoms with van der Waals surface area (Å²) in [6.07, 6.45) is -8.71. The molecule has 5 heterocycles. The van der Waals surface area contributed by atoms with E-state index in [1.807, 2.05) is 6.08 Å². The molecule has 100 heavy (non-hydrogen) atoms. The first-order valence-electron chi connectivity index (χ1n) is 37.5. The Bertz CT molecular complexity index is 2180. The highest BCUT2D eigenvalue weighted by molar-refractivity contribution is 5.76. The fourth-order valence-corrected chi connectivity index (χ4v) is 13.6. The van der Waals surface area contributed by atoms with E-state index in [1.165, 1.54) is 128 Å². The van der Waals surface area contributed by atoms with Gasteiger partial charge in [0, 0.05) is 13.3 Å². The number of allylic oxidation sites excluding steroid dienone is 1. The number of aliphatic hydroxyl groups is 16. The predicted octanol–water partition coefficient (Wildman–Crippen LogP) is 0.388. The first-order valence-corrected chi connectivity index (χ1v) is 37.5. The maximum absolute atomic E-state index is 13.5. The Morgan fingerprint density at radius 1 is 0.390 bits per heavy atom. The second-order valence-electron chi connectivity index (χ2n) is 27.8. The van der Waals surface area contributed by atoms with E-state index >= 15 is 0 Å². The second-order valence-corrected chi connectivity index (χ2v) is 27.8. The normalized spacial score (nSPS) is 35.6. The molecule has 5 aliphatic heterocycles. The minimum absolute atomic E-state index is 0.199. The fourth-order valence-electron chi connectivity index (χ4n) is 13.6. The van der Waals surface area contributed by atoms with Gasteiger partial charge in [-0.05, 0) is 19.3 Å². The van der Waals surface area contributed by atoms with Gasteiger partial charge < -0.3 is 140 Å². The monoisotopic (exact) mass is 1440 g/mol. The largest absolute Gasteiger partial charge is 0.394 e. The van der Waals surface area contributed by atoms with Crippen molar-refractivity contribution >= 4 is 11.8 Å². The molecular weight excluding hydrogens is 1320 g/mol. The number of aliphatic hydroxyl groups excluding tert-OH is 16. The zero-order valence-corrected chi connectivity index (χ0v) is 59.3. The molecule has 2 amide bonds. The summed E-state index contributed by atoms with van der Waals surface area (Å²) in [4.78, 5) is 25.6. The maximum atomic E-state index is 13.5. The van der Waals surface area contributed by atoms with Gasteiger partial charge in [-0.2, -0.15) is 0 Å². The van der Waals surface area contributed by atoms with Crippen molar-refractivity contribution in [1.29, 1.82) is 0 Å². The van der Waals surface area contributed by atoms with Gasteiger partial charge in [0.25, 0.3) is 0 Å². The summed E-state index contributed by atoms with van der Waals surface area (Å²) in [6.45, 7) is 0.387. The van der Waals surface area contributed by atoms with Gasteiger partial charge in [-0.25, -0.2) is 0 Å². The molecule has 5 aliphatic rings. The molecule has 0 aliphatic carbocycles. The smallest absolute Gasteiger partial charge is 0.220 e. The van der Waals surface area contributed by atoms with Gasteiger partial charge in [-0.15, -0.1) is 0 Å². The molecule has 0 spiro atoms. The van der Waals surface area contributed by atoms with Crippen molar-refractivity contribution in [2.24, 2.45) is 0 Å². The number of carbonyl (C=O) groups excluding carboxylic acids is 2. The van der Waals surface area contributed by atoms with Crippen molar-refractivity contribution in [2.75, 3.05) is 39.6 Å². The highest BCUT2D eigenvalue weighted by atomic mass is 16.8. The van der Waals surface area contributed by atoms with Gasteiger partial charge in [-0.1, -0.05) is 193 Å². The van der Waals surface area contributed by atoms with E-state index < -0.39 is 211 Å². The van der Waals surface area contributed by atoms with Crippen LogP contribution in [0, 0.1) is 0 Å². The lowest BCUT2D eigenvalue weighted by Gasteiger charge is -2.50. The summed E-state index contributed by atoms with van der Waals surface area (Å²) in [5, 5.41) is 182. The van der Waals surface area contributed by atoms with Crippen molar-refractivity contribution < 1.29 is 139 Å². The topological polar surface area (TPSA) is 474 Å². The number of amides is 2. The lowest BCUT2D eigenvalue weighted by molar-refractivity contribution is -0.393. The third kappa shape index (κ3) is 28.1. The van der Waals surface area contributed by atoms with E-state index in [2.05, 4.69) is 24.5 Å². The van der Waals surface area contributed by atoms with Crippen molar-refractivity contribution in [3.63, 3.8) is 0 Å². The molecule has 586 valence electrons. The Kier molecular flexibility index (Phi) is 43.0. The molecule has 0 saturated carbocycles. The van der Waals surface area contributed by atoms with Crippen molar-refractivity contribution in [2.45, 2.75) is 379 Å². The van der Waals surface area contributed by atoms with Crippen LogP contribution in [0.2, 0.25) is 0 Å². The van der Waals surface area contributed by atoms with E-state index in [4.69, 9.17) is 47.4 Å². The van der Waals surface area contributed by atoms with Crippen LogP contribution in [0.5, 0.6) is 0 Å². The Hall–Kier alpha value is -2.36. The predicted molar refractivity (Wildman–Crippen MR) is 359 cm³/mol. The lowest BCUT2D eigenvalue weighted by Crippen LogP contribution is -2.69. The summed E-state index contributed by atoms with van der Waals surface area (Å²) >= 11 is 0. The molecule has 30 heteroatoms. The van der Waals surface area contributed by atoms with Crippen molar-refractivity contribution in [3.8, 4) is 0 Å². The number of nitrogens with one attached hydrogen (secondary N) is 2. The molecule has 10 unspecified atom stereocenters. The van der Waals surface area contributed by atoms with Crippen LogP contribution >= 0.6 is 0 Å². The summed E-state index contributed by atoms with van der Waals surface area (Å²) in [5.74, 6) is -1.05. The minimum atomic E-state index is -2.19. The average molecular weight is 1450 g/mol. The summed E-state index contributed by atoms with van der Waals surface area (Å²) in [7, 11) is 0. The number of rotatable bonds is 50. The number of hydrogen-bond donors (Lipinski definition) is 18. The van der Waals surface area contributed by atoms with E-state index in [-0.39, 0.29) is 12.3 Å². The SMILES string of the molecule is CCCCCCCCCCCCC/C=C/[C@@H](O)[C@H](CO[C@@H]1OC(CO)[C@@H](O[C@@H]2OC(CO)[C@H](O[C@@H]3OC(CO)[C@H](O)[C@H](O[C@H]4OC(CO)[C@H](O)[C@H](O[C@@H]5OC(CO)[C@H](O)[C@H](O)C5NC(C)=O)C4O)C3O)[C@H](O)C2O)[C@H](O)C1O)NC(=O)CCCCCCCCCCCCCCCCCCC. The van der Waals surface area contributed by atoms with Gasteiger partial charge in [0.2, 0.25) is 11.8 Å². The zero-order chi connectivity index (χ0) is 73.1. The van der Waals surface area contributed by atoms with Crippen molar-refractivity contribution in [3.05, 3.63) is 12.2 Å². The highest BCUT2D eigenvalue weighted by Gasteiger charge is 2.57. The van der Waals surface area contributed by atoms with Gasteiger partial charge in [0.1, 0.15) is 122 Å². The molecular formula is C70H128N2O28. The Balaban J connectivity index is 1.16. The van der Waals surface area contributed by atoms with Gasteiger partial charge in [-0.3, -0.25) is 9.59 Å². The van der Waals surface area contributed by atoms with Crippen LogP contribution in [0.3, 0.4) is 0 Å². The van der Waals surface area contributed by atoms with E-state index in [1.54, 1.807) is 6.08 Å². The van der Waals surface area contributed by atoms with Crippen LogP contribution in [-0.4, -0.2) is 299 Å². The first kappa shape index (κ1) is 88.3. The van der Waals surface area contributed by atoms with Crippen LogP contribution in [0.1, 0.15) is 213 Å². The molecule has 18 N–H and O–H groups in total. The third-order valence-corrected chi connectivity index (χ3v) is 19.7. The highest BCUT2D eigenvalue weighted by Crippen LogP contribution is 2.37. The summed E-state index contributed by atoms with van der Waals surface area (Å²) in [6, 6.07) is -2.60. The molecule has 0 radical (unpaired) electrons. The molecule has 27 atom stereocenters. The van der Waals surface area contributed by atoms with E-state index in [0.29, 0.717) is 12.8 Å². The number of carbonyl (C=O) groups is 2. The Labute approximate surface area is 589 Å². The molecule has 0 aromatic heterocycles. The molecule has 5 saturated heterocycles. The van der Waals surface area contributed by atoms with Crippen LogP contribution in [0.4, 0.5) is 0 Å². The van der Waals surface area contributed by atoms with Gasteiger partial charge in [0.05, 0.1) is 51.8 Å². The molecule has 5 fully saturated rings. The van der Waals surface area contributed by atoms with Crippen molar-refractivity contribution in [1.82, 2.24) is 10.6 Å². The Morgan fingerprint density at radius 2 is 0.730 bits per heavy atom. The number of unbranched alkanes of at least 4 members (excludes halogenated alkanes) is 27. The fraction of sp³-hybridized carbons (Fsp3) is 0.943. The quantitative estimate of drug-likeness (QED) is 0.0289. The minimum Gasteiger partial charge on any atom is -0.394 e. The molecule has 0 bridgehead atoms. The van der Waals surface area contributed by atoms with E-state index in [0.717, 1.165) is 51.9 Å². The Morgan fingerprint density at radius 3 is 1.15 bits per heavy atom. The first-order chi connectivity index (χ1) is 48.2. The summed E-state index contributed by atoms with van der Waals surface area (Å²) < 4.78 is 58.1. The second kappa shape index (κ2) is 48.8. The van der Waals surface area contributed by atoms with Crippen LogP contribution in [0.15, 0.2) is 12.2 Å². The maximum Gasteiger partial charge on any atom is 0.220 e. The van der Waals surface area contributed by atoms with Crippen LogP contribution in [-0.2, 0) is 57.0 Å². The zero-order valence-electron chi connectivity index (χ0n) is 59.3. The average Bonchev–Trinajstić information content (AvgIpc) is 0.779. The molecule has 0 aromatic carbocycles. The number of ether oxygens (including phenoxy) is 10. The molecule has 0 aromatic rings. The van der Waals surface area contributed by atoms with Crippen LogP contribution in [0.25, 0.3) is 0 Å². The number of hydrogen-bond acceptors (Lipinski definition) is 28. The van der Waals surface area contributed by atoms with Gasteiger partial charge in [0.15, 0.2) is 31.5 Å². The third-order valence-electron chi connectivity index (χ3n) is 19.7.